The second-order valence-corrected chi connectivity index (χ2v) is 7.42. The number of nitrogens with zero attached hydrogens (tertiary/aromatic N) is 3. The Bertz CT molecular complexity index is 978. The highest BCUT2D eigenvalue weighted by Crippen LogP contribution is 2.35. The summed E-state index contributed by atoms with van der Waals surface area (Å²) in [7, 11) is 0. The van der Waals surface area contributed by atoms with E-state index in [2.05, 4.69) is 78.7 Å². The maximum absolute atomic E-state index is 5.02. The van der Waals surface area contributed by atoms with Gasteiger partial charge in [0.15, 0.2) is 0 Å². The fourth-order valence-corrected chi connectivity index (χ4v) is 3.70. The SMILES string of the molecule is CC(=NCc1ccccc1)N1C[C@](C)(c2ccccc2)C(c2ccccc2)=N1. The monoisotopic (exact) mass is 367 g/mol. The molecule has 0 N–H and O–H groups in total. The summed E-state index contributed by atoms with van der Waals surface area (Å²) < 4.78 is 0. The molecule has 1 heterocycles. The van der Waals surface area contributed by atoms with E-state index in [1.165, 1.54) is 11.1 Å². The van der Waals surface area contributed by atoms with Crippen LogP contribution in [0.15, 0.2) is 101 Å². The van der Waals surface area contributed by atoms with Gasteiger partial charge in [0.05, 0.1) is 24.2 Å². The van der Waals surface area contributed by atoms with Crippen LogP contribution in [0.5, 0.6) is 0 Å². The third-order valence-corrected chi connectivity index (χ3v) is 5.37. The first-order chi connectivity index (χ1) is 13.7. The van der Waals surface area contributed by atoms with Crippen LogP contribution in [0.4, 0.5) is 0 Å². The van der Waals surface area contributed by atoms with Crippen molar-refractivity contribution in [3.63, 3.8) is 0 Å². The number of benzene rings is 3. The molecule has 0 fully saturated rings. The van der Waals surface area contributed by atoms with E-state index in [1.807, 2.05) is 31.2 Å². The molecule has 3 aromatic rings. The Labute approximate surface area is 167 Å². The standard InChI is InChI=1S/C25H25N3/c1-20(26-18-21-12-6-3-7-13-21)28-19-25(2,23-16-10-5-11-17-23)24(27-28)22-14-8-4-9-15-22/h3-17H,18-19H2,1-2H3/t25-/m1/s1. The molecule has 4 rings (SSSR count). The van der Waals surface area contributed by atoms with Crippen LogP contribution in [0.1, 0.15) is 30.5 Å². The molecule has 0 bridgehead atoms. The molecular formula is C25H25N3. The first-order valence-corrected chi connectivity index (χ1v) is 9.69. The fraction of sp³-hybridized carbons (Fsp3) is 0.200. The maximum atomic E-state index is 5.02. The molecule has 28 heavy (non-hydrogen) atoms. The van der Waals surface area contributed by atoms with E-state index < -0.39 is 0 Å². The minimum absolute atomic E-state index is 0.188. The Morgan fingerprint density at radius 2 is 1.46 bits per heavy atom. The summed E-state index contributed by atoms with van der Waals surface area (Å²) in [5.74, 6) is 0.942. The van der Waals surface area contributed by atoms with E-state index in [-0.39, 0.29) is 5.41 Å². The molecule has 0 aromatic heterocycles. The Balaban J connectivity index is 1.67. The summed E-state index contributed by atoms with van der Waals surface area (Å²) in [5.41, 5.74) is 4.54. The lowest BCUT2D eigenvalue weighted by atomic mass is 9.76. The van der Waals surface area contributed by atoms with Gasteiger partial charge in [-0.3, -0.25) is 10.0 Å². The normalized spacial score (nSPS) is 19.6. The lowest BCUT2D eigenvalue weighted by Gasteiger charge is -2.27. The van der Waals surface area contributed by atoms with E-state index in [0.717, 1.165) is 23.7 Å². The zero-order chi connectivity index (χ0) is 19.4. The summed E-state index contributed by atoms with van der Waals surface area (Å²) >= 11 is 0. The smallest absolute Gasteiger partial charge is 0.117 e. The number of hydrazone groups is 1. The highest BCUT2D eigenvalue weighted by atomic mass is 15.5. The average Bonchev–Trinajstić information content (AvgIpc) is 3.13. The molecule has 3 nitrogen and oxygen atoms in total. The van der Waals surface area contributed by atoms with Gasteiger partial charge >= 0.3 is 0 Å². The highest BCUT2D eigenvalue weighted by Gasteiger charge is 2.41. The molecule has 0 saturated heterocycles. The molecule has 1 aliphatic rings. The van der Waals surface area contributed by atoms with Gasteiger partial charge in [0.2, 0.25) is 0 Å². The molecule has 0 aliphatic carbocycles. The van der Waals surface area contributed by atoms with Gasteiger partial charge in [-0.25, -0.2) is 0 Å². The zero-order valence-corrected chi connectivity index (χ0v) is 16.4. The van der Waals surface area contributed by atoms with E-state index in [0.29, 0.717) is 6.54 Å². The largest absolute Gasteiger partial charge is 0.266 e. The van der Waals surface area contributed by atoms with Crippen LogP contribution in [0.25, 0.3) is 0 Å². The van der Waals surface area contributed by atoms with Crippen LogP contribution >= 0.6 is 0 Å². The molecule has 1 atom stereocenters. The first kappa shape index (κ1) is 18.2. The van der Waals surface area contributed by atoms with Crippen molar-refractivity contribution in [1.82, 2.24) is 5.01 Å². The number of aliphatic imine (C=N–C) groups is 1. The molecular weight excluding hydrogens is 342 g/mol. The van der Waals surface area contributed by atoms with Crippen LogP contribution in [-0.2, 0) is 12.0 Å². The van der Waals surface area contributed by atoms with Crippen molar-refractivity contribution < 1.29 is 0 Å². The molecule has 0 amide bonds. The van der Waals surface area contributed by atoms with E-state index in [4.69, 9.17) is 10.1 Å². The molecule has 1 aliphatic heterocycles. The van der Waals surface area contributed by atoms with Gasteiger partial charge in [-0.2, -0.15) is 5.10 Å². The maximum Gasteiger partial charge on any atom is 0.117 e. The van der Waals surface area contributed by atoms with Crippen molar-refractivity contribution in [3.8, 4) is 0 Å². The number of amidine groups is 1. The Hall–Kier alpha value is -3.20. The van der Waals surface area contributed by atoms with E-state index in [1.54, 1.807) is 0 Å². The van der Waals surface area contributed by atoms with Crippen LogP contribution in [-0.4, -0.2) is 23.1 Å². The van der Waals surface area contributed by atoms with Crippen LogP contribution in [0.3, 0.4) is 0 Å². The van der Waals surface area contributed by atoms with E-state index in [9.17, 15) is 0 Å². The van der Waals surface area contributed by atoms with Crippen molar-refractivity contribution in [3.05, 3.63) is 108 Å². The molecule has 140 valence electrons. The van der Waals surface area contributed by atoms with E-state index >= 15 is 0 Å². The van der Waals surface area contributed by atoms with Crippen molar-refractivity contribution in [2.24, 2.45) is 10.1 Å². The Morgan fingerprint density at radius 3 is 2.11 bits per heavy atom. The molecule has 0 radical (unpaired) electrons. The second kappa shape index (κ2) is 7.81. The Morgan fingerprint density at radius 1 is 0.893 bits per heavy atom. The van der Waals surface area contributed by atoms with Crippen LogP contribution < -0.4 is 0 Å². The summed E-state index contributed by atoms with van der Waals surface area (Å²) in [5, 5.41) is 7.07. The highest BCUT2D eigenvalue weighted by molar-refractivity contribution is 6.10. The lowest BCUT2D eigenvalue weighted by Crippen LogP contribution is -2.37. The summed E-state index contributed by atoms with van der Waals surface area (Å²) in [6.07, 6.45) is 0. The van der Waals surface area contributed by atoms with Crippen molar-refractivity contribution in [2.75, 3.05) is 6.54 Å². The molecule has 3 heteroatoms. The quantitative estimate of drug-likeness (QED) is 0.455. The van der Waals surface area contributed by atoms with Crippen molar-refractivity contribution in [2.45, 2.75) is 25.8 Å². The topological polar surface area (TPSA) is 28.0 Å². The molecule has 3 aromatic carbocycles. The lowest BCUT2D eigenvalue weighted by molar-refractivity contribution is 0.423. The van der Waals surface area contributed by atoms with Crippen LogP contribution in [0, 0.1) is 0 Å². The minimum atomic E-state index is -0.188. The third kappa shape index (κ3) is 3.61. The van der Waals surface area contributed by atoms with Gasteiger partial charge in [0.1, 0.15) is 5.84 Å². The third-order valence-electron chi connectivity index (χ3n) is 5.37. The van der Waals surface area contributed by atoms with Gasteiger partial charge in [-0.05, 0) is 30.5 Å². The predicted molar refractivity (Wildman–Crippen MR) is 117 cm³/mol. The van der Waals surface area contributed by atoms with Crippen molar-refractivity contribution >= 4 is 11.5 Å². The van der Waals surface area contributed by atoms with Gasteiger partial charge in [0.25, 0.3) is 0 Å². The number of hydrogen-bond donors (Lipinski definition) is 0. The summed E-state index contributed by atoms with van der Waals surface area (Å²) in [4.78, 5) is 4.80. The predicted octanol–water partition coefficient (Wildman–Crippen LogP) is 5.28. The first-order valence-electron chi connectivity index (χ1n) is 9.69. The van der Waals surface area contributed by atoms with Gasteiger partial charge in [-0.1, -0.05) is 91.0 Å². The average molecular weight is 367 g/mol. The van der Waals surface area contributed by atoms with Crippen molar-refractivity contribution in [1.29, 1.82) is 0 Å². The summed E-state index contributed by atoms with van der Waals surface area (Å²) in [6.45, 7) is 5.78. The van der Waals surface area contributed by atoms with Crippen LogP contribution in [0.2, 0.25) is 0 Å². The van der Waals surface area contributed by atoms with Gasteiger partial charge in [0, 0.05) is 0 Å². The van der Waals surface area contributed by atoms with Gasteiger partial charge < -0.3 is 0 Å². The van der Waals surface area contributed by atoms with Gasteiger partial charge in [-0.15, -0.1) is 0 Å². The number of rotatable bonds is 4. The molecule has 0 saturated carbocycles. The second-order valence-electron chi connectivity index (χ2n) is 7.42. The zero-order valence-electron chi connectivity index (χ0n) is 16.4. The number of hydrogen-bond acceptors (Lipinski definition) is 2. The Kier molecular flexibility index (Phi) is 5.07. The minimum Gasteiger partial charge on any atom is -0.266 e. The fourth-order valence-electron chi connectivity index (χ4n) is 3.70. The summed E-state index contributed by atoms with van der Waals surface area (Å²) in [6, 6.07) is 31.5. The molecule has 0 unspecified atom stereocenters. The molecule has 0 spiro atoms.